The third-order valence-corrected chi connectivity index (χ3v) is 5.14. The van der Waals surface area contributed by atoms with Gasteiger partial charge in [-0.15, -0.1) is 0 Å². The van der Waals surface area contributed by atoms with Crippen LogP contribution in [0.1, 0.15) is 30.0 Å². The summed E-state index contributed by atoms with van der Waals surface area (Å²) < 4.78 is 1.84. The molecule has 1 fully saturated rings. The fourth-order valence-electron chi connectivity index (χ4n) is 3.66. The van der Waals surface area contributed by atoms with E-state index in [4.69, 9.17) is 4.98 Å². The molecule has 1 aliphatic rings. The van der Waals surface area contributed by atoms with Crippen LogP contribution in [0.4, 0.5) is 5.95 Å². The van der Waals surface area contributed by atoms with Crippen LogP contribution >= 0.6 is 0 Å². The first kappa shape index (κ1) is 17.6. The van der Waals surface area contributed by atoms with E-state index in [9.17, 15) is 0 Å². The zero-order chi connectivity index (χ0) is 18.6. The van der Waals surface area contributed by atoms with Gasteiger partial charge in [0.25, 0.3) is 0 Å². The summed E-state index contributed by atoms with van der Waals surface area (Å²) in [6.07, 6.45) is 9.94. The molecule has 4 rings (SSSR count). The number of anilines is 1. The van der Waals surface area contributed by atoms with E-state index in [0.717, 1.165) is 36.6 Å². The van der Waals surface area contributed by atoms with Crippen molar-refractivity contribution in [3.05, 3.63) is 54.1 Å². The first-order chi connectivity index (χ1) is 13.2. The molecule has 3 aromatic heterocycles. The molecule has 0 bridgehead atoms. The van der Waals surface area contributed by atoms with Crippen LogP contribution in [0, 0.1) is 6.92 Å². The fourth-order valence-corrected chi connectivity index (χ4v) is 3.66. The quantitative estimate of drug-likeness (QED) is 0.726. The molecular formula is C20H25N7. The maximum absolute atomic E-state index is 4.75. The second kappa shape index (κ2) is 7.84. The average molecular weight is 363 g/mol. The molecule has 7 nitrogen and oxygen atoms in total. The molecular weight excluding hydrogens is 338 g/mol. The number of hydrogen-bond donors (Lipinski definition) is 1. The Morgan fingerprint density at radius 3 is 2.70 bits per heavy atom. The minimum absolute atomic E-state index is 0.270. The van der Waals surface area contributed by atoms with Gasteiger partial charge in [-0.3, -0.25) is 14.6 Å². The van der Waals surface area contributed by atoms with E-state index in [2.05, 4.69) is 31.3 Å². The van der Waals surface area contributed by atoms with Crippen LogP contribution in [-0.2, 0) is 7.05 Å². The number of nitrogens with one attached hydrogen (secondary N) is 1. The molecule has 27 heavy (non-hydrogen) atoms. The van der Waals surface area contributed by atoms with Gasteiger partial charge in [-0.05, 0) is 56.1 Å². The first-order valence-corrected chi connectivity index (χ1v) is 9.42. The Bertz CT molecular complexity index is 884. The molecule has 3 aromatic rings. The Hall–Kier alpha value is -2.80. The van der Waals surface area contributed by atoms with E-state index >= 15 is 0 Å². The molecule has 1 N–H and O–H groups in total. The summed E-state index contributed by atoms with van der Waals surface area (Å²) in [5.74, 6) is 0.643. The Morgan fingerprint density at radius 2 is 2.00 bits per heavy atom. The lowest BCUT2D eigenvalue weighted by atomic mass is 10.1. The maximum Gasteiger partial charge on any atom is 0.223 e. The molecule has 0 saturated carbocycles. The Kier molecular flexibility index (Phi) is 5.11. The molecule has 4 heterocycles. The lowest BCUT2D eigenvalue weighted by molar-refractivity contribution is 0.255. The highest BCUT2D eigenvalue weighted by atomic mass is 15.3. The van der Waals surface area contributed by atoms with Crippen molar-refractivity contribution < 1.29 is 0 Å². The molecule has 7 heteroatoms. The van der Waals surface area contributed by atoms with Crippen molar-refractivity contribution in [1.82, 2.24) is 29.6 Å². The van der Waals surface area contributed by atoms with Crippen molar-refractivity contribution >= 4 is 5.95 Å². The van der Waals surface area contributed by atoms with Crippen LogP contribution in [0.2, 0.25) is 0 Å². The van der Waals surface area contributed by atoms with Gasteiger partial charge in [0.1, 0.15) is 0 Å². The van der Waals surface area contributed by atoms with Crippen molar-refractivity contribution in [3.8, 4) is 11.4 Å². The lowest BCUT2D eigenvalue weighted by Crippen LogP contribution is -2.31. The van der Waals surface area contributed by atoms with Crippen LogP contribution < -0.4 is 5.32 Å². The Morgan fingerprint density at radius 1 is 1.15 bits per heavy atom. The Balaban J connectivity index is 1.55. The van der Waals surface area contributed by atoms with Gasteiger partial charge < -0.3 is 5.32 Å². The summed E-state index contributed by atoms with van der Waals surface area (Å²) in [4.78, 5) is 16.1. The number of hydrogen-bond acceptors (Lipinski definition) is 6. The molecule has 0 unspecified atom stereocenters. The minimum atomic E-state index is 0.270. The van der Waals surface area contributed by atoms with Crippen LogP contribution in [-0.4, -0.2) is 49.3 Å². The number of aromatic nitrogens is 5. The summed E-state index contributed by atoms with van der Waals surface area (Å²) in [7, 11) is 1.93. The zero-order valence-electron chi connectivity index (χ0n) is 15.8. The van der Waals surface area contributed by atoms with E-state index in [1.165, 1.54) is 18.4 Å². The molecule has 0 aromatic carbocycles. The summed E-state index contributed by atoms with van der Waals surface area (Å²) in [6, 6.07) is 6.39. The van der Waals surface area contributed by atoms with Crippen molar-refractivity contribution in [2.24, 2.45) is 7.05 Å². The molecule has 1 aliphatic heterocycles. The zero-order valence-corrected chi connectivity index (χ0v) is 15.8. The van der Waals surface area contributed by atoms with E-state index < -0.39 is 0 Å². The van der Waals surface area contributed by atoms with Crippen molar-refractivity contribution in [1.29, 1.82) is 0 Å². The number of nitrogens with zero attached hydrogens (tertiary/aromatic N) is 6. The topological polar surface area (TPSA) is 71.8 Å². The molecule has 0 aliphatic carbocycles. The van der Waals surface area contributed by atoms with E-state index in [1.807, 2.05) is 49.4 Å². The van der Waals surface area contributed by atoms with Gasteiger partial charge in [0.15, 0.2) is 0 Å². The average Bonchev–Trinajstić information content (AvgIpc) is 3.36. The monoisotopic (exact) mass is 363 g/mol. The minimum Gasteiger partial charge on any atom is -0.352 e. The third kappa shape index (κ3) is 3.83. The molecule has 140 valence electrons. The third-order valence-electron chi connectivity index (χ3n) is 5.14. The van der Waals surface area contributed by atoms with E-state index in [0.29, 0.717) is 5.95 Å². The first-order valence-electron chi connectivity index (χ1n) is 9.42. The van der Waals surface area contributed by atoms with Crippen LogP contribution in [0.3, 0.4) is 0 Å². The van der Waals surface area contributed by atoms with Gasteiger partial charge in [0.05, 0.1) is 17.4 Å². The van der Waals surface area contributed by atoms with Crippen LogP contribution in [0.15, 0.2) is 43.0 Å². The molecule has 0 radical (unpaired) electrons. The summed E-state index contributed by atoms with van der Waals surface area (Å²) in [5, 5.41) is 7.70. The van der Waals surface area contributed by atoms with Gasteiger partial charge in [-0.1, -0.05) is 6.07 Å². The van der Waals surface area contributed by atoms with Crippen molar-refractivity contribution in [3.63, 3.8) is 0 Å². The summed E-state index contributed by atoms with van der Waals surface area (Å²) in [6.45, 7) is 5.01. The standard InChI is InChI=1S/C20H25N7/c1-15-12-22-20(25-19(15)17-7-9-24-26(17)2)23-14-18(27-10-3-4-11-27)16-6-5-8-21-13-16/h5-9,12-13,18H,3-4,10-11,14H2,1-2H3,(H,22,23,25)/t18-/m1/s1. The lowest BCUT2D eigenvalue weighted by Gasteiger charge is -2.28. The van der Waals surface area contributed by atoms with Gasteiger partial charge in [0.2, 0.25) is 5.95 Å². The van der Waals surface area contributed by atoms with E-state index in [-0.39, 0.29) is 6.04 Å². The van der Waals surface area contributed by atoms with Gasteiger partial charge in [-0.25, -0.2) is 9.97 Å². The largest absolute Gasteiger partial charge is 0.352 e. The van der Waals surface area contributed by atoms with Gasteiger partial charge in [0, 0.05) is 38.4 Å². The Labute approximate surface area is 159 Å². The van der Waals surface area contributed by atoms with Gasteiger partial charge >= 0.3 is 0 Å². The highest BCUT2D eigenvalue weighted by Crippen LogP contribution is 2.25. The molecule has 0 amide bonds. The smallest absolute Gasteiger partial charge is 0.223 e. The van der Waals surface area contributed by atoms with Crippen LogP contribution in [0.25, 0.3) is 11.4 Å². The van der Waals surface area contributed by atoms with Gasteiger partial charge in [-0.2, -0.15) is 5.10 Å². The maximum atomic E-state index is 4.75. The number of rotatable bonds is 6. The van der Waals surface area contributed by atoms with Crippen molar-refractivity contribution in [2.45, 2.75) is 25.8 Å². The molecule has 1 atom stereocenters. The predicted molar refractivity (Wildman–Crippen MR) is 105 cm³/mol. The number of aryl methyl sites for hydroxylation is 2. The number of pyridine rings is 1. The number of likely N-dealkylation sites (tertiary alicyclic amines) is 1. The van der Waals surface area contributed by atoms with Crippen molar-refractivity contribution in [2.75, 3.05) is 25.0 Å². The predicted octanol–water partition coefficient (Wildman–Crippen LogP) is 2.83. The van der Waals surface area contributed by atoms with Crippen LogP contribution in [0.5, 0.6) is 0 Å². The highest BCUT2D eigenvalue weighted by Gasteiger charge is 2.24. The fraction of sp³-hybridized carbons (Fsp3) is 0.400. The summed E-state index contributed by atoms with van der Waals surface area (Å²) in [5.41, 5.74) is 4.16. The highest BCUT2D eigenvalue weighted by molar-refractivity contribution is 5.59. The SMILES string of the molecule is Cc1cnc(NC[C@H](c2cccnc2)N2CCCC2)nc1-c1ccnn1C. The molecule has 1 saturated heterocycles. The summed E-state index contributed by atoms with van der Waals surface area (Å²) >= 11 is 0. The second-order valence-corrected chi connectivity index (χ2v) is 6.99. The second-order valence-electron chi connectivity index (χ2n) is 6.99. The van der Waals surface area contributed by atoms with E-state index in [1.54, 1.807) is 6.20 Å². The molecule has 0 spiro atoms. The normalized spacial score (nSPS) is 15.8.